The van der Waals surface area contributed by atoms with E-state index in [2.05, 4.69) is 25.6 Å². The molecule has 0 saturated carbocycles. The molecule has 0 bridgehead atoms. The molecule has 3 aromatic rings. The highest BCUT2D eigenvalue weighted by molar-refractivity contribution is 6.31. The van der Waals surface area contributed by atoms with Crippen molar-refractivity contribution in [1.29, 1.82) is 0 Å². The number of ether oxygens (including phenoxy) is 1. The second-order valence-corrected chi connectivity index (χ2v) is 7.69. The van der Waals surface area contributed by atoms with Crippen molar-refractivity contribution < 1.29 is 9.53 Å². The van der Waals surface area contributed by atoms with Crippen molar-refractivity contribution in [2.75, 3.05) is 18.5 Å². The first-order valence-corrected chi connectivity index (χ1v) is 10.1. The Bertz CT molecular complexity index is 1060. The van der Waals surface area contributed by atoms with Gasteiger partial charge in [-0.25, -0.2) is 9.97 Å². The Labute approximate surface area is 179 Å². The molecule has 1 aliphatic rings. The van der Waals surface area contributed by atoms with E-state index in [9.17, 15) is 4.79 Å². The summed E-state index contributed by atoms with van der Waals surface area (Å²) in [5, 5.41) is 6.85. The highest BCUT2D eigenvalue weighted by Gasteiger charge is 2.18. The van der Waals surface area contributed by atoms with Gasteiger partial charge in [0.2, 0.25) is 5.95 Å². The molecule has 3 heterocycles. The number of hydrogen-bond acceptors (Lipinski definition) is 6. The average molecular weight is 427 g/mol. The molecule has 0 unspecified atom stereocenters. The van der Waals surface area contributed by atoms with Gasteiger partial charge in [-0.3, -0.25) is 9.36 Å². The van der Waals surface area contributed by atoms with Crippen LogP contribution in [0.3, 0.4) is 0 Å². The zero-order valence-electron chi connectivity index (χ0n) is 16.9. The van der Waals surface area contributed by atoms with Gasteiger partial charge in [0.1, 0.15) is 17.8 Å². The maximum absolute atomic E-state index is 12.6. The summed E-state index contributed by atoms with van der Waals surface area (Å²) in [4.78, 5) is 25.7. The Morgan fingerprint density at radius 3 is 3.00 bits per heavy atom. The summed E-state index contributed by atoms with van der Waals surface area (Å²) in [6.45, 7) is 5.61. The van der Waals surface area contributed by atoms with Crippen LogP contribution in [-0.4, -0.2) is 44.7 Å². The van der Waals surface area contributed by atoms with Crippen molar-refractivity contribution >= 4 is 23.5 Å². The van der Waals surface area contributed by atoms with Crippen molar-refractivity contribution in [3.8, 4) is 5.82 Å². The number of amides is 1. The normalized spacial score (nSPS) is 15.9. The van der Waals surface area contributed by atoms with Crippen molar-refractivity contribution in [1.82, 2.24) is 24.8 Å². The van der Waals surface area contributed by atoms with Crippen LogP contribution in [0.4, 0.5) is 5.95 Å². The monoisotopic (exact) mass is 426 g/mol. The minimum Gasteiger partial charge on any atom is -0.379 e. The molecule has 156 valence electrons. The molecule has 1 fully saturated rings. The lowest BCUT2D eigenvalue weighted by Gasteiger charge is -2.12. The largest absolute Gasteiger partial charge is 0.379 e. The lowest BCUT2D eigenvalue weighted by atomic mass is 10.1. The number of benzene rings is 1. The quantitative estimate of drug-likeness (QED) is 0.629. The number of rotatable bonds is 6. The molecule has 1 aromatic carbocycles. The molecular formula is C21H23ClN6O2. The second-order valence-electron chi connectivity index (χ2n) is 7.28. The predicted molar refractivity (Wildman–Crippen MR) is 114 cm³/mol. The molecule has 1 amide bonds. The summed E-state index contributed by atoms with van der Waals surface area (Å²) in [6, 6.07) is 5.84. The molecular weight excluding hydrogens is 404 g/mol. The van der Waals surface area contributed by atoms with E-state index in [0.29, 0.717) is 35.6 Å². The number of nitrogens with zero attached hydrogens (tertiary/aromatic N) is 4. The number of imidazole rings is 1. The standard InChI is InChI=1S/C21H23ClN6O2/c1-13-8-24-21(26-16-6-7-30-11-16)27-19(13)28-10-18(25-12-28)20(29)23-9-15-4-3-5-17(22)14(15)2/h3-5,8,10,12,16H,6-7,9,11H2,1-2H3,(H,23,29)(H,24,26,27)/t16-/m0/s1. The number of carbonyl (C=O) groups is 1. The van der Waals surface area contributed by atoms with Gasteiger partial charge >= 0.3 is 0 Å². The molecule has 8 nitrogen and oxygen atoms in total. The highest BCUT2D eigenvalue weighted by Crippen LogP contribution is 2.19. The van der Waals surface area contributed by atoms with Crippen LogP contribution in [0.15, 0.2) is 36.9 Å². The molecule has 1 aliphatic heterocycles. The average Bonchev–Trinajstić information content (AvgIpc) is 3.42. The van der Waals surface area contributed by atoms with Crippen molar-refractivity contribution in [3.05, 3.63) is 64.3 Å². The van der Waals surface area contributed by atoms with E-state index in [1.807, 2.05) is 32.0 Å². The number of halogens is 1. The smallest absolute Gasteiger partial charge is 0.271 e. The number of aromatic nitrogens is 4. The Hall–Kier alpha value is -2.97. The first kappa shape index (κ1) is 20.3. The molecule has 0 radical (unpaired) electrons. The number of anilines is 1. The van der Waals surface area contributed by atoms with Gasteiger partial charge in [-0.2, -0.15) is 4.98 Å². The third-order valence-electron chi connectivity index (χ3n) is 5.09. The summed E-state index contributed by atoms with van der Waals surface area (Å²) in [5.74, 6) is 0.937. The van der Waals surface area contributed by atoms with E-state index < -0.39 is 0 Å². The number of nitrogens with one attached hydrogen (secondary N) is 2. The summed E-state index contributed by atoms with van der Waals surface area (Å²) in [6.07, 6.45) is 5.92. The lowest BCUT2D eigenvalue weighted by molar-refractivity contribution is 0.0946. The molecule has 30 heavy (non-hydrogen) atoms. The van der Waals surface area contributed by atoms with Gasteiger partial charge in [-0.1, -0.05) is 23.7 Å². The van der Waals surface area contributed by atoms with Gasteiger partial charge in [0.05, 0.1) is 12.6 Å². The van der Waals surface area contributed by atoms with E-state index in [1.165, 1.54) is 0 Å². The van der Waals surface area contributed by atoms with Gasteiger partial charge < -0.3 is 15.4 Å². The van der Waals surface area contributed by atoms with Crippen LogP contribution in [-0.2, 0) is 11.3 Å². The van der Waals surface area contributed by atoms with Crippen LogP contribution in [0.2, 0.25) is 5.02 Å². The first-order valence-electron chi connectivity index (χ1n) is 9.75. The van der Waals surface area contributed by atoms with E-state index >= 15 is 0 Å². The maximum Gasteiger partial charge on any atom is 0.271 e. The molecule has 1 atom stereocenters. The lowest BCUT2D eigenvalue weighted by Crippen LogP contribution is -2.23. The second kappa shape index (κ2) is 8.81. The Balaban J connectivity index is 1.46. The third kappa shape index (κ3) is 4.44. The minimum atomic E-state index is -0.263. The summed E-state index contributed by atoms with van der Waals surface area (Å²) in [5.41, 5.74) is 3.11. The molecule has 4 rings (SSSR count). The molecule has 9 heteroatoms. The van der Waals surface area contributed by atoms with E-state index in [0.717, 1.165) is 29.7 Å². The molecule has 0 aliphatic carbocycles. The van der Waals surface area contributed by atoms with Crippen LogP contribution in [0.25, 0.3) is 5.82 Å². The topological polar surface area (TPSA) is 94.0 Å². The highest BCUT2D eigenvalue weighted by atomic mass is 35.5. The van der Waals surface area contributed by atoms with Gasteiger partial charge in [0, 0.05) is 36.1 Å². The van der Waals surface area contributed by atoms with E-state index in [-0.39, 0.29) is 11.9 Å². The number of hydrogen-bond donors (Lipinski definition) is 2. The third-order valence-corrected chi connectivity index (χ3v) is 5.50. The zero-order valence-corrected chi connectivity index (χ0v) is 17.6. The van der Waals surface area contributed by atoms with Crippen LogP contribution in [0, 0.1) is 13.8 Å². The van der Waals surface area contributed by atoms with Crippen LogP contribution in [0.1, 0.15) is 33.6 Å². The van der Waals surface area contributed by atoms with Crippen LogP contribution < -0.4 is 10.6 Å². The van der Waals surface area contributed by atoms with E-state index in [4.69, 9.17) is 16.3 Å². The van der Waals surface area contributed by atoms with E-state index in [1.54, 1.807) is 23.3 Å². The minimum absolute atomic E-state index is 0.208. The molecule has 2 N–H and O–H groups in total. The predicted octanol–water partition coefficient (Wildman–Crippen LogP) is 3.06. The summed E-state index contributed by atoms with van der Waals surface area (Å²) < 4.78 is 7.11. The SMILES string of the molecule is Cc1cnc(N[C@H]2CCOC2)nc1-n1cnc(C(=O)NCc2cccc(Cl)c2C)c1. The molecule has 1 saturated heterocycles. The summed E-state index contributed by atoms with van der Waals surface area (Å²) >= 11 is 6.15. The fourth-order valence-corrected chi connectivity index (χ4v) is 3.45. The summed E-state index contributed by atoms with van der Waals surface area (Å²) in [7, 11) is 0. The fourth-order valence-electron chi connectivity index (χ4n) is 3.26. The van der Waals surface area contributed by atoms with Crippen LogP contribution in [0.5, 0.6) is 0 Å². The van der Waals surface area contributed by atoms with Crippen LogP contribution >= 0.6 is 11.6 Å². The Morgan fingerprint density at radius 1 is 1.33 bits per heavy atom. The van der Waals surface area contributed by atoms with Gasteiger partial charge in [-0.05, 0) is 37.5 Å². The van der Waals surface area contributed by atoms with Gasteiger partial charge in [0.25, 0.3) is 5.91 Å². The van der Waals surface area contributed by atoms with Gasteiger partial charge in [0.15, 0.2) is 0 Å². The first-order chi connectivity index (χ1) is 14.5. The van der Waals surface area contributed by atoms with Gasteiger partial charge in [-0.15, -0.1) is 0 Å². The van der Waals surface area contributed by atoms with Crippen molar-refractivity contribution in [3.63, 3.8) is 0 Å². The number of aryl methyl sites for hydroxylation is 1. The number of carbonyl (C=O) groups excluding carboxylic acids is 1. The Morgan fingerprint density at radius 2 is 2.20 bits per heavy atom. The molecule has 0 spiro atoms. The van der Waals surface area contributed by atoms with Crippen molar-refractivity contribution in [2.24, 2.45) is 0 Å². The maximum atomic E-state index is 12.6. The Kier molecular flexibility index (Phi) is 5.96. The van der Waals surface area contributed by atoms with Crippen molar-refractivity contribution in [2.45, 2.75) is 32.9 Å². The zero-order chi connectivity index (χ0) is 21.1. The molecule has 2 aromatic heterocycles. The fraction of sp³-hybridized carbons (Fsp3) is 0.333.